The van der Waals surface area contributed by atoms with Gasteiger partial charge in [0.2, 0.25) is 0 Å². The third-order valence-corrected chi connectivity index (χ3v) is 4.24. The zero-order valence-electron chi connectivity index (χ0n) is 11.9. The zero-order chi connectivity index (χ0) is 13.5. The van der Waals surface area contributed by atoms with E-state index in [0.717, 1.165) is 31.6 Å². The summed E-state index contributed by atoms with van der Waals surface area (Å²) in [7, 11) is 1.99. The molecule has 0 aliphatic heterocycles. The Bertz CT molecular complexity index is 365. The number of thioether (sulfide) groups is 1. The molecule has 1 aromatic heterocycles. The first-order chi connectivity index (χ1) is 8.60. The lowest BCUT2D eigenvalue weighted by Gasteiger charge is -2.12. The highest BCUT2D eigenvalue weighted by molar-refractivity contribution is 7.99. The molecule has 0 saturated carbocycles. The van der Waals surface area contributed by atoms with Gasteiger partial charge in [0.1, 0.15) is 0 Å². The first-order valence-electron chi connectivity index (χ1n) is 6.60. The number of aryl methyl sites for hydroxylation is 2. The fourth-order valence-corrected chi connectivity index (χ4v) is 3.01. The van der Waals surface area contributed by atoms with Gasteiger partial charge in [0.25, 0.3) is 0 Å². The summed E-state index contributed by atoms with van der Waals surface area (Å²) < 4.78 is 1.96. The highest BCUT2D eigenvalue weighted by Gasteiger charge is 2.15. The maximum absolute atomic E-state index is 8.98. The van der Waals surface area contributed by atoms with Gasteiger partial charge in [0.15, 0.2) is 0 Å². The minimum atomic E-state index is 0.244. The summed E-state index contributed by atoms with van der Waals surface area (Å²) in [6.45, 7) is 8.53. The Hall–Kier alpha value is -0.520. The summed E-state index contributed by atoms with van der Waals surface area (Å²) >= 11 is 1.80. The molecule has 0 fully saturated rings. The van der Waals surface area contributed by atoms with Gasteiger partial charge in [-0.05, 0) is 26.3 Å². The Morgan fingerprint density at radius 1 is 1.50 bits per heavy atom. The maximum Gasteiger partial charge on any atom is 0.0987 e. The highest BCUT2D eigenvalue weighted by atomic mass is 32.2. The van der Waals surface area contributed by atoms with Gasteiger partial charge >= 0.3 is 0 Å². The van der Waals surface area contributed by atoms with Crippen LogP contribution in [0.2, 0.25) is 0 Å². The molecule has 1 atom stereocenters. The predicted molar refractivity (Wildman–Crippen MR) is 77.0 cm³/mol. The predicted octanol–water partition coefficient (Wildman–Crippen LogP) is 2.09. The largest absolute Gasteiger partial charge is 0.396 e. The third kappa shape index (κ3) is 4.30. The minimum absolute atomic E-state index is 0.244. The van der Waals surface area contributed by atoms with Crippen molar-refractivity contribution in [2.24, 2.45) is 7.05 Å². The number of nitrogens with one attached hydrogen (secondary N) is 1. The molecule has 0 aliphatic carbocycles. The standard InChI is InChI=1S/C13H25N3OS/c1-5-7-14-9-12-11(3)15-16(4)13(12)18-10(2)6-8-17/h10,14,17H,5-9H2,1-4H3. The van der Waals surface area contributed by atoms with Gasteiger partial charge in [-0.15, -0.1) is 11.8 Å². The van der Waals surface area contributed by atoms with E-state index in [1.165, 1.54) is 10.6 Å². The second-order valence-electron chi connectivity index (χ2n) is 4.61. The number of hydrogen-bond acceptors (Lipinski definition) is 4. The van der Waals surface area contributed by atoms with Crippen LogP contribution in [0.3, 0.4) is 0 Å². The summed E-state index contributed by atoms with van der Waals surface area (Å²) in [6.07, 6.45) is 1.96. The summed E-state index contributed by atoms with van der Waals surface area (Å²) in [5, 5.41) is 18.5. The lowest BCUT2D eigenvalue weighted by Crippen LogP contribution is -2.15. The third-order valence-electron chi connectivity index (χ3n) is 2.87. The normalized spacial score (nSPS) is 12.9. The SMILES string of the molecule is CCCNCc1c(C)nn(C)c1SC(C)CCO. The Labute approximate surface area is 114 Å². The van der Waals surface area contributed by atoms with Crippen LogP contribution in [-0.2, 0) is 13.6 Å². The van der Waals surface area contributed by atoms with Crippen molar-refractivity contribution in [3.8, 4) is 0 Å². The lowest BCUT2D eigenvalue weighted by molar-refractivity contribution is 0.289. The van der Waals surface area contributed by atoms with Crippen LogP contribution in [0.4, 0.5) is 0 Å². The molecule has 1 heterocycles. The summed E-state index contributed by atoms with van der Waals surface area (Å²) in [5.41, 5.74) is 2.39. The summed E-state index contributed by atoms with van der Waals surface area (Å²) in [6, 6.07) is 0. The molecule has 4 nitrogen and oxygen atoms in total. The van der Waals surface area contributed by atoms with Crippen molar-refractivity contribution in [2.75, 3.05) is 13.2 Å². The quantitative estimate of drug-likeness (QED) is 0.561. The van der Waals surface area contributed by atoms with Gasteiger partial charge in [-0.3, -0.25) is 4.68 Å². The van der Waals surface area contributed by atoms with E-state index in [1.807, 2.05) is 11.7 Å². The Balaban J connectivity index is 2.75. The zero-order valence-corrected chi connectivity index (χ0v) is 12.7. The number of aliphatic hydroxyl groups is 1. The van der Waals surface area contributed by atoms with Gasteiger partial charge in [-0.25, -0.2) is 0 Å². The van der Waals surface area contributed by atoms with Crippen LogP contribution in [-0.4, -0.2) is 33.3 Å². The van der Waals surface area contributed by atoms with E-state index in [9.17, 15) is 0 Å². The number of rotatable bonds is 8. The average molecular weight is 271 g/mol. The average Bonchev–Trinajstić information content (AvgIpc) is 2.56. The first-order valence-corrected chi connectivity index (χ1v) is 7.48. The van der Waals surface area contributed by atoms with Crippen LogP contribution in [0.1, 0.15) is 37.9 Å². The lowest BCUT2D eigenvalue weighted by atomic mass is 10.2. The molecule has 104 valence electrons. The van der Waals surface area contributed by atoms with E-state index in [0.29, 0.717) is 5.25 Å². The van der Waals surface area contributed by atoms with Crippen LogP contribution < -0.4 is 5.32 Å². The number of hydrogen-bond donors (Lipinski definition) is 2. The molecule has 1 rings (SSSR count). The van der Waals surface area contributed by atoms with Crippen molar-refractivity contribution >= 4 is 11.8 Å². The summed E-state index contributed by atoms with van der Waals surface area (Å²) in [4.78, 5) is 0. The van der Waals surface area contributed by atoms with Crippen LogP contribution in [0.25, 0.3) is 0 Å². The Kier molecular flexibility index (Phi) is 6.75. The molecule has 0 spiro atoms. The fraction of sp³-hybridized carbons (Fsp3) is 0.769. The number of aromatic nitrogens is 2. The van der Waals surface area contributed by atoms with Crippen LogP contribution in [0.5, 0.6) is 0 Å². The molecule has 18 heavy (non-hydrogen) atoms. The van der Waals surface area contributed by atoms with Gasteiger partial charge in [0.05, 0.1) is 10.7 Å². The van der Waals surface area contributed by atoms with Crippen molar-refractivity contribution in [2.45, 2.75) is 50.4 Å². The molecule has 0 aliphatic rings. The molecular formula is C13H25N3OS. The smallest absolute Gasteiger partial charge is 0.0987 e. The highest BCUT2D eigenvalue weighted by Crippen LogP contribution is 2.29. The van der Waals surface area contributed by atoms with E-state index >= 15 is 0 Å². The fourth-order valence-electron chi connectivity index (χ4n) is 1.85. The number of nitrogens with zero attached hydrogens (tertiary/aromatic N) is 2. The first kappa shape index (κ1) is 15.5. The number of aliphatic hydroxyl groups excluding tert-OH is 1. The molecule has 0 saturated heterocycles. The molecule has 2 N–H and O–H groups in total. The van der Waals surface area contributed by atoms with E-state index in [4.69, 9.17) is 5.11 Å². The monoisotopic (exact) mass is 271 g/mol. The van der Waals surface area contributed by atoms with Crippen LogP contribution in [0, 0.1) is 6.92 Å². The van der Waals surface area contributed by atoms with Crippen molar-refractivity contribution in [3.63, 3.8) is 0 Å². The molecule has 0 bridgehead atoms. The Morgan fingerprint density at radius 3 is 2.83 bits per heavy atom. The second-order valence-corrected chi connectivity index (χ2v) is 6.04. The molecule has 0 radical (unpaired) electrons. The van der Waals surface area contributed by atoms with Crippen LogP contribution >= 0.6 is 11.8 Å². The van der Waals surface area contributed by atoms with Gasteiger partial charge in [-0.2, -0.15) is 5.10 Å². The molecule has 0 amide bonds. The molecule has 1 unspecified atom stereocenters. The van der Waals surface area contributed by atoms with Gasteiger partial charge in [0, 0.05) is 31.0 Å². The summed E-state index contributed by atoms with van der Waals surface area (Å²) in [5.74, 6) is 0. The molecule has 5 heteroatoms. The van der Waals surface area contributed by atoms with E-state index in [1.54, 1.807) is 11.8 Å². The Morgan fingerprint density at radius 2 is 2.22 bits per heavy atom. The van der Waals surface area contributed by atoms with Crippen molar-refractivity contribution in [1.29, 1.82) is 0 Å². The molecule has 0 aromatic carbocycles. The van der Waals surface area contributed by atoms with Crippen molar-refractivity contribution in [1.82, 2.24) is 15.1 Å². The van der Waals surface area contributed by atoms with E-state index < -0.39 is 0 Å². The molecular weight excluding hydrogens is 246 g/mol. The van der Waals surface area contributed by atoms with Crippen LogP contribution in [0.15, 0.2) is 5.03 Å². The molecule has 1 aromatic rings. The topological polar surface area (TPSA) is 50.1 Å². The van der Waals surface area contributed by atoms with Crippen molar-refractivity contribution < 1.29 is 5.11 Å². The maximum atomic E-state index is 8.98. The van der Waals surface area contributed by atoms with E-state index in [2.05, 4.69) is 31.2 Å². The van der Waals surface area contributed by atoms with Gasteiger partial charge < -0.3 is 10.4 Å². The second kappa shape index (κ2) is 7.81. The minimum Gasteiger partial charge on any atom is -0.396 e. The van der Waals surface area contributed by atoms with Crippen molar-refractivity contribution in [3.05, 3.63) is 11.3 Å². The van der Waals surface area contributed by atoms with Gasteiger partial charge in [-0.1, -0.05) is 13.8 Å². The van der Waals surface area contributed by atoms with E-state index in [-0.39, 0.29) is 6.61 Å².